The summed E-state index contributed by atoms with van der Waals surface area (Å²) in [6, 6.07) is 8.36. The highest BCUT2D eigenvalue weighted by Crippen LogP contribution is 2.12. The molecule has 1 heterocycles. The number of hydrogen-bond acceptors (Lipinski definition) is 4. The predicted octanol–water partition coefficient (Wildman–Crippen LogP) is 1.12. The summed E-state index contributed by atoms with van der Waals surface area (Å²) >= 11 is 0. The van der Waals surface area contributed by atoms with E-state index < -0.39 is 0 Å². The summed E-state index contributed by atoms with van der Waals surface area (Å²) < 4.78 is 5.75. The van der Waals surface area contributed by atoms with Crippen LogP contribution < -0.4 is 10.6 Å². The minimum absolute atomic E-state index is 0.746. The summed E-state index contributed by atoms with van der Waals surface area (Å²) in [5, 5.41) is 1.88. The molecule has 2 N–H and O–H groups in total. The van der Waals surface area contributed by atoms with Gasteiger partial charge in [0.2, 0.25) is 0 Å². The highest BCUT2D eigenvalue weighted by Gasteiger charge is 2.13. The average molecular weight is 249 g/mol. The maximum Gasteiger partial charge on any atom is 0.119 e. The first-order chi connectivity index (χ1) is 8.78. The summed E-state index contributed by atoms with van der Waals surface area (Å²) in [7, 11) is 0. The van der Waals surface area contributed by atoms with Crippen LogP contribution in [0.25, 0.3) is 0 Å². The van der Waals surface area contributed by atoms with Crippen LogP contribution in [0.3, 0.4) is 0 Å². The van der Waals surface area contributed by atoms with E-state index in [0.29, 0.717) is 0 Å². The second kappa shape index (κ2) is 6.73. The zero-order valence-corrected chi connectivity index (χ0v) is 11.1. The van der Waals surface area contributed by atoms with Crippen molar-refractivity contribution >= 4 is 0 Å². The maximum absolute atomic E-state index is 5.75. The minimum Gasteiger partial charge on any atom is -0.492 e. The highest BCUT2D eigenvalue weighted by molar-refractivity contribution is 5.27. The molecule has 0 spiro atoms. The third-order valence-electron chi connectivity index (χ3n) is 3.41. The van der Waals surface area contributed by atoms with Gasteiger partial charge in [-0.2, -0.15) is 0 Å². The molecule has 100 valence electrons. The van der Waals surface area contributed by atoms with Gasteiger partial charge < -0.3 is 4.74 Å². The molecule has 1 fully saturated rings. The Morgan fingerprint density at radius 2 is 1.78 bits per heavy atom. The molecule has 1 aromatic carbocycles. The zero-order chi connectivity index (χ0) is 12.8. The lowest BCUT2D eigenvalue weighted by molar-refractivity contribution is 0.118. The monoisotopic (exact) mass is 249 g/mol. The second-order valence-electron chi connectivity index (χ2n) is 4.72. The molecule has 0 radical (unpaired) electrons. The van der Waals surface area contributed by atoms with Crippen molar-refractivity contribution in [1.29, 1.82) is 0 Å². The van der Waals surface area contributed by atoms with Crippen LogP contribution in [-0.2, 0) is 6.42 Å². The molecule has 4 nitrogen and oxygen atoms in total. The number of hydrogen-bond donors (Lipinski definition) is 1. The Bertz CT molecular complexity index is 345. The molecule has 0 aromatic heterocycles. The molecule has 0 aliphatic carbocycles. The summed E-state index contributed by atoms with van der Waals surface area (Å²) in [6.07, 6.45) is 1.07. The van der Waals surface area contributed by atoms with Crippen molar-refractivity contribution in [3.63, 3.8) is 0 Å². The van der Waals surface area contributed by atoms with Crippen LogP contribution in [0.4, 0.5) is 0 Å². The Morgan fingerprint density at radius 3 is 2.39 bits per heavy atom. The summed E-state index contributed by atoms with van der Waals surface area (Å²) in [5.74, 6) is 6.68. The van der Waals surface area contributed by atoms with Gasteiger partial charge in [0.1, 0.15) is 12.4 Å². The van der Waals surface area contributed by atoms with Gasteiger partial charge in [-0.3, -0.25) is 10.7 Å². The van der Waals surface area contributed by atoms with Crippen molar-refractivity contribution in [3.8, 4) is 5.75 Å². The van der Waals surface area contributed by atoms with E-state index in [4.69, 9.17) is 10.6 Å². The van der Waals surface area contributed by atoms with Crippen LogP contribution in [0, 0.1) is 0 Å². The average Bonchev–Trinajstić information content (AvgIpc) is 2.42. The number of rotatable bonds is 5. The van der Waals surface area contributed by atoms with E-state index in [9.17, 15) is 0 Å². The van der Waals surface area contributed by atoms with Crippen LogP contribution in [-0.4, -0.2) is 49.2 Å². The SMILES string of the molecule is CCc1ccc(OCCN2CCN(N)CC2)cc1. The Morgan fingerprint density at radius 1 is 1.11 bits per heavy atom. The topological polar surface area (TPSA) is 41.7 Å². The molecule has 4 heteroatoms. The number of benzene rings is 1. The first-order valence-electron chi connectivity index (χ1n) is 6.71. The Hall–Kier alpha value is -1.10. The molecular weight excluding hydrogens is 226 g/mol. The zero-order valence-electron chi connectivity index (χ0n) is 11.1. The lowest BCUT2D eigenvalue weighted by Gasteiger charge is -2.31. The Kier molecular flexibility index (Phi) is 4.99. The standard InChI is InChI=1S/C14H23N3O/c1-2-13-3-5-14(6-4-13)18-12-11-16-7-9-17(15)10-8-16/h3-6H,2,7-12,15H2,1H3. The summed E-state index contributed by atoms with van der Waals surface area (Å²) in [4.78, 5) is 2.39. The molecular formula is C14H23N3O. The first-order valence-corrected chi connectivity index (χ1v) is 6.71. The van der Waals surface area contributed by atoms with Crippen molar-refractivity contribution in [2.45, 2.75) is 13.3 Å². The van der Waals surface area contributed by atoms with Crippen molar-refractivity contribution in [3.05, 3.63) is 29.8 Å². The molecule has 0 amide bonds. The van der Waals surface area contributed by atoms with Crippen LogP contribution in [0.2, 0.25) is 0 Å². The third-order valence-corrected chi connectivity index (χ3v) is 3.41. The number of aryl methyl sites for hydroxylation is 1. The minimum atomic E-state index is 0.746. The number of nitrogens with two attached hydrogens (primary N) is 1. The molecule has 1 aliphatic rings. The van der Waals surface area contributed by atoms with E-state index in [0.717, 1.165) is 51.5 Å². The van der Waals surface area contributed by atoms with Gasteiger partial charge in [-0.05, 0) is 24.1 Å². The van der Waals surface area contributed by atoms with Crippen LogP contribution >= 0.6 is 0 Å². The van der Waals surface area contributed by atoms with E-state index in [1.807, 2.05) is 5.01 Å². The normalized spacial score (nSPS) is 17.9. The van der Waals surface area contributed by atoms with Gasteiger partial charge in [0.05, 0.1) is 0 Å². The lowest BCUT2D eigenvalue weighted by Crippen LogP contribution is -2.50. The molecule has 0 atom stereocenters. The maximum atomic E-state index is 5.75. The van der Waals surface area contributed by atoms with Crippen molar-refractivity contribution in [1.82, 2.24) is 9.91 Å². The fourth-order valence-electron chi connectivity index (χ4n) is 2.10. The molecule has 0 saturated carbocycles. The number of nitrogens with zero attached hydrogens (tertiary/aromatic N) is 2. The van der Waals surface area contributed by atoms with E-state index in [2.05, 4.69) is 36.1 Å². The van der Waals surface area contributed by atoms with E-state index in [-0.39, 0.29) is 0 Å². The predicted molar refractivity (Wildman–Crippen MR) is 73.5 cm³/mol. The molecule has 0 bridgehead atoms. The number of hydrazine groups is 1. The second-order valence-corrected chi connectivity index (χ2v) is 4.72. The van der Waals surface area contributed by atoms with E-state index >= 15 is 0 Å². The molecule has 0 unspecified atom stereocenters. The number of piperazine rings is 1. The van der Waals surface area contributed by atoms with Gasteiger partial charge in [-0.1, -0.05) is 19.1 Å². The molecule has 18 heavy (non-hydrogen) atoms. The van der Waals surface area contributed by atoms with Crippen LogP contribution in [0.15, 0.2) is 24.3 Å². The summed E-state index contributed by atoms with van der Waals surface area (Å²) in [5.41, 5.74) is 1.35. The molecule has 2 rings (SSSR count). The summed E-state index contributed by atoms with van der Waals surface area (Å²) in [6.45, 7) is 7.85. The molecule has 1 aromatic rings. The van der Waals surface area contributed by atoms with Gasteiger partial charge >= 0.3 is 0 Å². The van der Waals surface area contributed by atoms with Gasteiger partial charge in [0.15, 0.2) is 0 Å². The van der Waals surface area contributed by atoms with Gasteiger partial charge in [-0.25, -0.2) is 5.01 Å². The van der Waals surface area contributed by atoms with Gasteiger partial charge in [-0.15, -0.1) is 0 Å². The van der Waals surface area contributed by atoms with Crippen molar-refractivity contribution in [2.75, 3.05) is 39.3 Å². The van der Waals surface area contributed by atoms with Gasteiger partial charge in [0.25, 0.3) is 0 Å². The van der Waals surface area contributed by atoms with Crippen LogP contribution in [0.5, 0.6) is 5.75 Å². The highest BCUT2D eigenvalue weighted by atomic mass is 16.5. The first kappa shape index (κ1) is 13.3. The lowest BCUT2D eigenvalue weighted by atomic mass is 10.2. The Balaban J connectivity index is 1.68. The van der Waals surface area contributed by atoms with Crippen LogP contribution in [0.1, 0.15) is 12.5 Å². The van der Waals surface area contributed by atoms with Crippen molar-refractivity contribution in [2.24, 2.45) is 5.84 Å². The third kappa shape index (κ3) is 3.98. The Labute approximate surface area is 109 Å². The van der Waals surface area contributed by atoms with Gasteiger partial charge in [0, 0.05) is 32.7 Å². The smallest absolute Gasteiger partial charge is 0.119 e. The fourth-order valence-corrected chi connectivity index (χ4v) is 2.10. The quantitative estimate of drug-likeness (QED) is 0.794. The van der Waals surface area contributed by atoms with E-state index in [1.165, 1.54) is 5.56 Å². The fraction of sp³-hybridized carbons (Fsp3) is 0.571. The molecule has 1 saturated heterocycles. The van der Waals surface area contributed by atoms with Crippen molar-refractivity contribution < 1.29 is 4.74 Å². The van der Waals surface area contributed by atoms with E-state index in [1.54, 1.807) is 0 Å². The molecule has 1 aliphatic heterocycles. The number of ether oxygens (including phenoxy) is 1. The largest absolute Gasteiger partial charge is 0.492 e.